The first-order chi connectivity index (χ1) is 6.70. The van der Waals surface area contributed by atoms with Gasteiger partial charge in [-0.3, -0.25) is 9.63 Å². The van der Waals surface area contributed by atoms with E-state index in [1.54, 1.807) is 0 Å². The van der Waals surface area contributed by atoms with Crippen LogP contribution >= 0.6 is 11.6 Å². The van der Waals surface area contributed by atoms with Crippen LogP contribution in [0.1, 0.15) is 39.5 Å². The second kappa shape index (κ2) is 9.44. The van der Waals surface area contributed by atoms with Crippen molar-refractivity contribution in [1.29, 1.82) is 0 Å². The van der Waals surface area contributed by atoms with Crippen LogP contribution in [0.25, 0.3) is 0 Å². The number of halogens is 1. The van der Waals surface area contributed by atoms with Crippen LogP contribution in [-0.4, -0.2) is 30.0 Å². The predicted octanol–water partition coefficient (Wildman–Crippen LogP) is 2.59. The Labute approximate surface area is 91.3 Å². The summed E-state index contributed by atoms with van der Waals surface area (Å²) in [6, 6.07) is 0. The molecule has 0 aromatic heterocycles. The van der Waals surface area contributed by atoms with E-state index >= 15 is 0 Å². The van der Waals surface area contributed by atoms with Gasteiger partial charge in [0.05, 0.1) is 0 Å². The molecule has 0 bridgehead atoms. The summed E-state index contributed by atoms with van der Waals surface area (Å²) >= 11 is 5.20. The Bertz CT molecular complexity index is 145. The van der Waals surface area contributed by atoms with Crippen molar-refractivity contribution in [2.24, 2.45) is 0 Å². The summed E-state index contributed by atoms with van der Waals surface area (Å²) in [5.74, 6) is 0. The summed E-state index contributed by atoms with van der Waals surface area (Å²) in [7, 11) is 0. The minimum absolute atomic E-state index is 0.0189. The van der Waals surface area contributed by atoms with Gasteiger partial charge in [0, 0.05) is 13.1 Å². The molecule has 14 heavy (non-hydrogen) atoms. The molecule has 0 atom stereocenters. The van der Waals surface area contributed by atoms with E-state index in [0.29, 0.717) is 0 Å². The van der Waals surface area contributed by atoms with Crippen LogP contribution in [0.4, 0.5) is 0 Å². The van der Waals surface area contributed by atoms with Gasteiger partial charge < -0.3 is 0 Å². The van der Waals surface area contributed by atoms with Gasteiger partial charge in [-0.15, -0.1) is 0 Å². The standard InChI is InChI=1S/C10H20ClNO2/c1-3-5-7-12(8-6-4-2)14-9-10(11)13/h3-9H2,1-2H3. The Balaban J connectivity index is 3.65. The predicted molar refractivity (Wildman–Crippen MR) is 58.2 cm³/mol. The molecule has 0 aromatic rings. The van der Waals surface area contributed by atoms with Gasteiger partial charge in [-0.05, 0) is 24.4 Å². The van der Waals surface area contributed by atoms with Crippen molar-refractivity contribution in [2.45, 2.75) is 39.5 Å². The van der Waals surface area contributed by atoms with Crippen LogP contribution < -0.4 is 0 Å². The van der Waals surface area contributed by atoms with E-state index in [1.165, 1.54) is 0 Å². The monoisotopic (exact) mass is 221 g/mol. The highest BCUT2D eigenvalue weighted by Gasteiger charge is 2.06. The number of carbonyl (C=O) groups is 1. The fourth-order valence-corrected chi connectivity index (χ4v) is 1.10. The number of unbranched alkanes of at least 4 members (excludes halogenated alkanes) is 2. The molecule has 0 aromatic carbocycles. The fourth-order valence-electron chi connectivity index (χ4n) is 1.05. The number of hydrogen-bond acceptors (Lipinski definition) is 3. The van der Waals surface area contributed by atoms with E-state index in [4.69, 9.17) is 16.4 Å². The maximum Gasteiger partial charge on any atom is 0.249 e. The normalized spacial score (nSPS) is 10.9. The van der Waals surface area contributed by atoms with Crippen molar-refractivity contribution >= 4 is 16.8 Å². The second-order valence-electron chi connectivity index (χ2n) is 3.26. The third kappa shape index (κ3) is 8.48. The Morgan fingerprint density at radius 3 is 2.07 bits per heavy atom. The highest BCUT2D eigenvalue weighted by molar-refractivity contribution is 6.63. The van der Waals surface area contributed by atoms with E-state index < -0.39 is 5.24 Å². The van der Waals surface area contributed by atoms with Crippen LogP contribution in [0, 0.1) is 0 Å². The van der Waals surface area contributed by atoms with Crippen LogP contribution in [0.2, 0.25) is 0 Å². The van der Waals surface area contributed by atoms with E-state index in [-0.39, 0.29) is 6.61 Å². The molecule has 0 fully saturated rings. The molecule has 0 spiro atoms. The lowest BCUT2D eigenvalue weighted by molar-refractivity contribution is -0.165. The van der Waals surface area contributed by atoms with Gasteiger partial charge in [0.2, 0.25) is 5.24 Å². The SMILES string of the molecule is CCCCN(CCCC)OCC(=O)Cl. The van der Waals surface area contributed by atoms with E-state index in [0.717, 1.165) is 38.8 Å². The molecule has 0 N–H and O–H groups in total. The first-order valence-corrected chi connectivity index (χ1v) is 5.64. The molecule has 84 valence electrons. The number of rotatable bonds is 9. The summed E-state index contributed by atoms with van der Waals surface area (Å²) in [6.45, 7) is 5.99. The fraction of sp³-hybridized carbons (Fsp3) is 0.900. The lowest BCUT2D eigenvalue weighted by Gasteiger charge is -2.20. The molecule has 3 nitrogen and oxygen atoms in total. The van der Waals surface area contributed by atoms with Gasteiger partial charge >= 0.3 is 0 Å². The summed E-state index contributed by atoms with van der Waals surface area (Å²) in [6.07, 6.45) is 4.42. The molecule has 0 amide bonds. The summed E-state index contributed by atoms with van der Waals surface area (Å²) in [5, 5.41) is 1.40. The van der Waals surface area contributed by atoms with E-state index in [1.807, 2.05) is 5.06 Å². The molecule has 0 aliphatic heterocycles. The van der Waals surface area contributed by atoms with Crippen molar-refractivity contribution in [3.63, 3.8) is 0 Å². The van der Waals surface area contributed by atoms with Gasteiger partial charge in [-0.1, -0.05) is 26.7 Å². The van der Waals surface area contributed by atoms with Crippen molar-refractivity contribution in [2.75, 3.05) is 19.7 Å². The van der Waals surface area contributed by atoms with E-state index in [2.05, 4.69) is 13.8 Å². The maximum atomic E-state index is 10.5. The minimum Gasteiger partial charge on any atom is -0.290 e. The maximum absolute atomic E-state index is 10.5. The van der Waals surface area contributed by atoms with Gasteiger partial charge in [0.15, 0.2) is 0 Å². The zero-order chi connectivity index (χ0) is 10.8. The van der Waals surface area contributed by atoms with Crippen molar-refractivity contribution in [3.05, 3.63) is 0 Å². The number of carbonyl (C=O) groups excluding carboxylic acids is 1. The number of hydroxylamine groups is 2. The molecule has 0 aliphatic carbocycles. The molecular weight excluding hydrogens is 202 g/mol. The van der Waals surface area contributed by atoms with Gasteiger partial charge in [0.25, 0.3) is 0 Å². The summed E-state index contributed by atoms with van der Waals surface area (Å²) < 4.78 is 0. The van der Waals surface area contributed by atoms with Gasteiger partial charge in [-0.2, -0.15) is 5.06 Å². The molecular formula is C10H20ClNO2. The van der Waals surface area contributed by atoms with Crippen LogP contribution in [-0.2, 0) is 9.63 Å². The lowest BCUT2D eigenvalue weighted by Crippen LogP contribution is -2.28. The summed E-state index contributed by atoms with van der Waals surface area (Å²) in [5.41, 5.74) is 0. The van der Waals surface area contributed by atoms with Crippen molar-refractivity contribution in [1.82, 2.24) is 5.06 Å². The molecule has 0 radical (unpaired) electrons. The largest absolute Gasteiger partial charge is 0.290 e. The van der Waals surface area contributed by atoms with Crippen molar-refractivity contribution in [3.8, 4) is 0 Å². The quantitative estimate of drug-likeness (QED) is 0.443. The lowest BCUT2D eigenvalue weighted by atomic mass is 10.3. The Morgan fingerprint density at radius 2 is 1.71 bits per heavy atom. The van der Waals surface area contributed by atoms with Crippen LogP contribution in [0.3, 0.4) is 0 Å². The van der Waals surface area contributed by atoms with Crippen LogP contribution in [0.5, 0.6) is 0 Å². The highest BCUT2D eigenvalue weighted by Crippen LogP contribution is 2.00. The zero-order valence-corrected chi connectivity index (χ0v) is 9.85. The molecule has 0 saturated carbocycles. The zero-order valence-electron chi connectivity index (χ0n) is 9.09. The average Bonchev–Trinajstić information content (AvgIpc) is 2.16. The molecule has 0 unspecified atom stereocenters. The highest BCUT2D eigenvalue weighted by atomic mass is 35.5. The number of nitrogens with zero attached hydrogens (tertiary/aromatic N) is 1. The molecule has 0 rings (SSSR count). The molecule has 0 saturated heterocycles. The van der Waals surface area contributed by atoms with E-state index in [9.17, 15) is 4.79 Å². The average molecular weight is 222 g/mol. The first-order valence-electron chi connectivity index (χ1n) is 5.26. The number of hydrogen-bond donors (Lipinski definition) is 0. The minimum atomic E-state index is -0.442. The third-order valence-electron chi connectivity index (χ3n) is 1.88. The Kier molecular flexibility index (Phi) is 9.35. The first kappa shape index (κ1) is 13.9. The Morgan fingerprint density at radius 1 is 1.21 bits per heavy atom. The van der Waals surface area contributed by atoms with Gasteiger partial charge in [-0.25, -0.2) is 0 Å². The van der Waals surface area contributed by atoms with Gasteiger partial charge in [0.1, 0.15) is 6.61 Å². The summed E-state index contributed by atoms with van der Waals surface area (Å²) in [4.78, 5) is 15.8. The van der Waals surface area contributed by atoms with Crippen LogP contribution in [0.15, 0.2) is 0 Å². The smallest absolute Gasteiger partial charge is 0.249 e. The molecule has 4 heteroatoms. The van der Waals surface area contributed by atoms with Crippen molar-refractivity contribution < 1.29 is 9.63 Å². The second-order valence-corrected chi connectivity index (χ2v) is 3.69. The Hall–Kier alpha value is -0.120. The molecule has 0 aliphatic rings. The topological polar surface area (TPSA) is 29.5 Å². The molecule has 0 heterocycles. The third-order valence-corrected chi connectivity index (χ3v) is 1.99.